The molecule has 2 heterocycles. The first kappa shape index (κ1) is 37.5. The molecule has 13 heteroatoms. The molecule has 4 aromatic rings. The van der Waals surface area contributed by atoms with E-state index in [1.807, 2.05) is 18.2 Å². The molecule has 2 unspecified atom stereocenters. The minimum atomic E-state index is -1.05. The highest BCUT2D eigenvalue weighted by Crippen LogP contribution is 2.45. The summed E-state index contributed by atoms with van der Waals surface area (Å²) < 4.78 is 24.0. The van der Waals surface area contributed by atoms with Gasteiger partial charge in [0.1, 0.15) is 12.2 Å². The number of methoxy groups -OCH3 is 2. The van der Waals surface area contributed by atoms with Crippen molar-refractivity contribution in [3.63, 3.8) is 0 Å². The number of hydrogen-bond acceptors (Lipinski definition) is 11. The van der Waals surface area contributed by atoms with Crippen LogP contribution < -0.4 is 29.6 Å². The molecule has 5 N–H and O–H groups in total. The van der Waals surface area contributed by atoms with Gasteiger partial charge in [0.15, 0.2) is 0 Å². The third kappa shape index (κ3) is 9.23. The monoisotopic (exact) mass is 726 g/mol. The Labute approximate surface area is 308 Å². The summed E-state index contributed by atoms with van der Waals surface area (Å²) in [6.07, 6.45) is 2.40. The molecule has 13 nitrogen and oxygen atoms in total. The third-order valence-corrected chi connectivity index (χ3v) is 9.63. The van der Waals surface area contributed by atoms with Crippen molar-refractivity contribution in [1.29, 1.82) is 0 Å². The van der Waals surface area contributed by atoms with Crippen LogP contribution in [0.2, 0.25) is 0 Å². The number of aliphatic hydroxyl groups excluding tert-OH is 1. The molecular weight excluding hydrogens is 680 g/mol. The summed E-state index contributed by atoms with van der Waals surface area (Å²) in [6.45, 7) is 1.58. The molecule has 53 heavy (non-hydrogen) atoms. The minimum absolute atomic E-state index is 0.124. The second-order valence-electron chi connectivity index (χ2n) is 13.2. The number of nitrogens with one attached hydrogen (secondary N) is 2. The van der Waals surface area contributed by atoms with E-state index in [1.54, 1.807) is 13.2 Å². The van der Waals surface area contributed by atoms with Gasteiger partial charge in [-0.2, -0.15) is 9.97 Å². The standard InChI is InChI=1S/C40H46N4O9/c1-50-39-24(21-41-19-5-10-37(46)47)11-17-35(43-39)52-33-15-13-29-27(6-3-8-31(29)33)28-7-4-9-32-30(28)14-16-34(32)53-36-18-12-25(40(44-36)51-2)22-42-23-26(45)20-38(48)49/h3-4,6-9,11-12,17-18,26,33-34,41-42,45H,5,10,13-16,19-23H2,1-2H3,(H,46,47)(H,48,49)/t26-,33?,34?/m0/s1. The molecule has 0 aliphatic heterocycles. The van der Waals surface area contributed by atoms with Crippen LogP contribution in [-0.2, 0) is 35.5 Å². The Kier molecular flexibility index (Phi) is 12.4. The second kappa shape index (κ2) is 17.5. The predicted molar refractivity (Wildman–Crippen MR) is 195 cm³/mol. The van der Waals surface area contributed by atoms with Gasteiger partial charge in [-0.05, 0) is 84.2 Å². The quantitative estimate of drug-likeness (QED) is 0.0799. The van der Waals surface area contributed by atoms with Gasteiger partial charge in [0.05, 0.1) is 26.7 Å². The largest absolute Gasteiger partial charge is 0.481 e. The van der Waals surface area contributed by atoms with Crippen molar-refractivity contribution in [1.82, 2.24) is 20.6 Å². The summed E-state index contributed by atoms with van der Waals surface area (Å²) in [5, 5.41) is 33.9. The van der Waals surface area contributed by atoms with Gasteiger partial charge in [-0.15, -0.1) is 0 Å². The first-order chi connectivity index (χ1) is 25.7. The SMILES string of the molecule is COc1nc(OC2CCc3c(-c4cccc5c4CCC5Oc4ccc(CNC[C@@H](O)CC(=O)O)c(OC)n4)cccc32)ccc1CNCCCC(=O)O. The Bertz CT molecular complexity index is 1920. The second-order valence-corrected chi connectivity index (χ2v) is 13.2. The lowest BCUT2D eigenvalue weighted by Crippen LogP contribution is -2.28. The molecule has 2 aromatic heterocycles. The first-order valence-electron chi connectivity index (χ1n) is 17.9. The maximum Gasteiger partial charge on any atom is 0.306 e. The zero-order chi connectivity index (χ0) is 37.3. The van der Waals surface area contributed by atoms with Crippen molar-refractivity contribution < 1.29 is 43.9 Å². The summed E-state index contributed by atoms with van der Waals surface area (Å²) in [4.78, 5) is 30.8. The number of benzene rings is 2. The lowest BCUT2D eigenvalue weighted by atomic mass is 9.91. The molecule has 2 aliphatic rings. The molecule has 0 fully saturated rings. The van der Waals surface area contributed by atoms with Crippen LogP contribution >= 0.6 is 0 Å². The zero-order valence-electron chi connectivity index (χ0n) is 30.0. The normalized spacial score (nSPS) is 16.4. The topological polar surface area (TPSA) is 182 Å². The zero-order valence-corrected chi connectivity index (χ0v) is 30.0. The molecular formula is C40H46N4O9. The summed E-state index contributed by atoms with van der Waals surface area (Å²) in [5.41, 5.74) is 8.86. The maximum absolute atomic E-state index is 10.8. The van der Waals surface area contributed by atoms with E-state index in [4.69, 9.17) is 29.2 Å². The highest BCUT2D eigenvalue weighted by Gasteiger charge is 2.31. The molecule has 3 atom stereocenters. The van der Waals surface area contributed by atoms with E-state index >= 15 is 0 Å². The highest BCUT2D eigenvalue weighted by molar-refractivity contribution is 5.75. The first-order valence-corrected chi connectivity index (χ1v) is 17.9. The van der Waals surface area contributed by atoms with E-state index in [0.29, 0.717) is 49.6 Å². The highest BCUT2D eigenvalue weighted by atomic mass is 16.5. The number of carboxylic acid groups (broad SMARTS) is 2. The van der Waals surface area contributed by atoms with E-state index in [0.717, 1.165) is 47.9 Å². The molecule has 2 aromatic carbocycles. The Morgan fingerprint density at radius 3 is 1.77 bits per heavy atom. The van der Waals surface area contributed by atoms with Crippen LogP contribution in [0.25, 0.3) is 11.1 Å². The Balaban J connectivity index is 1.12. The smallest absolute Gasteiger partial charge is 0.306 e. The van der Waals surface area contributed by atoms with E-state index in [1.165, 1.54) is 29.4 Å². The fraction of sp³-hybridized carbons (Fsp3) is 0.400. The maximum atomic E-state index is 10.8. The molecule has 0 spiro atoms. The van der Waals surface area contributed by atoms with E-state index in [2.05, 4.69) is 57.0 Å². The van der Waals surface area contributed by atoms with Gasteiger partial charge in [-0.3, -0.25) is 9.59 Å². The van der Waals surface area contributed by atoms with Gasteiger partial charge in [0, 0.05) is 49.3 Å². The number of aromatic nitrogens is 2. The number of fused-ring (bicyclic) bond motifs is 2. The molecule has 6 rings (SSSR count). The summed E-state index contributed by atoms with van der Waals surface area (Å²) >= 11 is 0. The van der Waals surface area contributed by atoms with Gasteiger partial charge in [0.25, 0.3) is 0 Å². The number of rotatable bonds is 19. The van der Waals surface area contributed by atoms with Gasteiger partial charge in [0.2, 0.25) is 23.5 Å². The number of hydrogen-bond donors (Lipinski definition) is 5. The van der Waals surface area contributed by atoms with E-state index < -0.39 is 18.0 Å². The molecule has 0 saturated heterocycles. The van der Waals surface area contributed by atoms with Gasteiger partial charge in [-0.1, -0.05) is 36.4 Å². The molecule has 0 amide bonds. The number of aliphatic hydroxyl groups is 1. The van der Waals surface area contributed by atoms with Crippen LogP contribution in [0.1, 0.15) is 77.7 Å². The summed E-state index contributed by atoms with van der Waals surface area (Å²) in [7, 11) is 3.12. The Morgan fingerprint density at radius 1 is 0.755 bits per heavy atom. The predicted octanol–water partition coefficient (Wildman–Crippen LogP) is 5.17. The average Bonchev–Trinajstić information content (AvgIpc) is 3.75. The van der Waals surface area contributed by atoms with Gasteiger partial charge < -0.3 is 44.9 Å². The lowest BCUT2D eigenvalue weighted by molar-refractivity contribution is -0.139. The van der Waals surface area contributed by atoms with Crippen LogP contribution in [-0.4, -0.2) is 70.6 Å². The Hall–Kier alpha value is -5.24. The van der Waals surface area contributed by atoms with E-state index in [-0.39, 0.29) is 31.6 Å². The van der Waals surface area contributed by atoms with Crippen LogP contribution in [0, 0.1) is 0 Å². The third-order valence-electron chi connectivity index (χ3n) is 9.63. The number of pyridine rings is 2. The lowest BCUT2D eigenvalue weighted by Gasteiger charge is -2.18. The van der Waals surface area contributed by atoms with Gasteiger partial charge >= 0.3 is 11.9 Å². The molecule has 0 radical (unpaired) electrons. The number of carboxylic acids is 2. The van der Waals surface area contributed by atoms with Crippen molar-refractivity contribution in [3.05, 3.63) is 94.0 Å². The number of aliphatic carboxylic acids is 2. The molecule has 2 aliphatic carbocycles. The van der Waals surface area contributed by atoms with Crippen LogP contribution in [0.3, 0.4) is 0 Å². The fourth-order valence-corrected chi connectivity index (χ4v) is 7.17. The molecule has 0 bridgehead atoms. The number of ether oxygens (including phenoxy) is 4. The van der Waals surface area contributed by atoms with Crippen molar-refractivity contribution in [2.45, 2.75) is 76.3 Å². The average molecular weight is 727 g/mol. The summed E-state index contributed by atoms with van der Waals surface area (Å²) in [5.74, 6) is -0.0392. The van der Waals surface area contributed by atoms with Gasteiger partial charge in [-0.25, -0.2) is 0 Å². The van der Waals surface area contributed by atoms with Crippen LogP contribution in [0.4, 0.5) is 0 Å². The van der Waals surface area contributed by atoms with Crippen molar-refractivity contribution >= 4 is 11.9 Å². The Morgan fingerprint density at radius 2 is 1.28 bits per heavy atom. The minimum Gasteiger partial charge on any atom is -0.481 e. The number of carbonyl (C=O) groups is 2. The molecule has 0 saturated carbocycles. The number of nitrogens with zero attached hydrogens (tertiary/aromatic N) is 2. The van der Waals surface area contributed by atoms with Crippen molar-refractivity contribution in [3.8, 4) is 34.6 Å². The van der Waals surface area contributed by atoms with E-state index in [9.17, 15) is 14.7 Å². The van der Waals surface area contributed by atoms with Crippen LogP contribution in [0.15, 0.2) is 60.7 Å². The van der Waals surface area contributed by atoms with Crippen LogP contribution in [0.5, 0.6) is 23.5 Å². The molecule has 280 valence electrons. The van der Waals surface area contributed by atoms with Crippen molar-refractivity contribution in [2.75, 3.05) is 27.3 Å². The summed E-state index contributed by atoms with van der Waals surface area (Å²) in [6, 6.07) is 20.2. The fourth-order valence-electron chi connectivity index (χ4n) is 7.17. The van der Waals surface area contributed by atoms with Crippen molar-refractivity contribution in [2.24, 2.45) is 0 Å².